The summed E-state index contributed by atoms with van der Waals surface area (Å²) in [5, 5.41) is 11.4. The fraction of sp³-hybridized carbons (Fsp3) is 0.250. The minimum absolute atomic E-state index is 0.305. The van der Waals surface area contributed by atoms with E-state index in [-0.39, 0.29) is 12.5 Å². The number of rotatable bonds is 4. The molecule has 0 spiro atoms. The topological polar surface area (TPSA) is 70.5 Å². The summed E-state index contributed by atoms with van der Waals surface area (Å²) in [6, 6.07) is 3.87. The molecule has 2 heterocycles. The Morgan fingerprint density at radius 2 is 2.21 bits per heavy atom. The van der Waals surface area contributed by atoms with Gasteiger partial charge in [0.15, 0.2) is 0 Å². The Labute approximate surface area is 118 Å². The zero-order valence-corrected chi connectivity index (χ0v) is 12.0. The van der Waals surface area contributed by atoms with Crippen LogP contribution in [0.2, 0.25) is 0 Å². The molecule has 2 aromatic heterocycles. The van der Waals surface area contributed by atoms with E-state index in [1.165, 1.54) is 23.3 Å². The molecular weight excluding hydrogens is 284 g/mol. The highest BCUT2D eigenvalue weighted by atomic mass is 32.1. The summed E-state index contributed by atoms with van der Waals surface area (Å²) in [5.74, 6) is -1.34. The van der Waals surface area contributed by atoms with Crippen LogP contribution in [0.15, 0.2) is 17.5 Å². The van der Waals surface area contributed by atoms with Gasteiger partial charge in [-0.05, 0) is 18.4 Å². The van der Waals surface area contributed by atoms with Crippen molar-refractivity contribution >= 4 is 34.6 Å². The third-order valence-electron chi connectivity index (χ3n) is 2.44. The lowest BCUT2D eigenvalue weighted by molar-refractivity contribution is -0.137. The number of carbonyl (C=O) groups excluding carboxylic acids is 1. The number of thiophene rings is 1. The van der Waals surface area contributed by atoms with Crippen LogP contribution in [-0.2, 0) is 4.79 Å². The highest BCUT2D eigenvalue weighted by Crippen LogP contribution is 2.31. The number of hydrogen-bond donors (Lipinski definition) is 1. The van der Waals surface area contributed by atoms with Crippen molar-refractivity contribution in [2.75, 3.05) is 13.6 Å². The molecule has 0 atom stereocenters. The van der Waals surface area contributed by atoms with Crippen molar-refractivity contribution in [2.45, 2.75) is 6.92 Å². The molecule has 7 heteroatoms. The SMILES string of the molecule is Cc1nc(-c2cccs2)sc1C(=O)N(C)CC(=O)O. The fourth-order valence-corrected chi connectivity index (χ4v) is 3.41. The summed E-state index contributed by atoms with van der Waals surface area (Å²) in [7, 11) is 1.47. The van der Waals surface area contributed by atoms with Crippen LogP contribution in [0.4, 0.5) is 0 Å². The molecule has 0 fully saturated rings. The van der Waals surface area contributed by atoms with E-state index >= 15 is 0 Å². The molecule has 19 heavy (non-hydrogen) atoms. The van der Waals surface area contributed by atoms with Crippen molar-refractivity contribution in [3.8, 4) is 9.88 Å². The molecule has 0 saturated heterocycles. The minimum atomic E-state index is -1.03. The van der Waals surface area contributed by atoms with Gasteiger partial charge in [0.1, 0.15) is 16.4 Å². The molecule has 1 amide bonds. The first-order valence-electron chi connectivity index (χ1n) is 5.47. The molecular formula is C12H12N2O3S2. The predicted molar refractivity (Wildman–Crippen MR) is 74.8 cm³/mol. The Bertz CT molecular complexity index is 605. The van der Waals surface area contributed by atoms with E-state index in [1.54, 1.807) is 18.3 Å². The van der Waals surface area contributed by atoms with Gasteiger partial charge in [-0.1, -0.05) is 6.07 Å². The summed E-state index contributed by atoms with van der Waals surface area (Å²) < 4.78 is 0. The number of carbonyl (C=O) groups is 2. The number of carboxylic acids is 1. The van der Waals surface area contributed by atoms with Crippen molar-refractivity contribution in [1.29, 1.82) is 0 Å². The number of aromatic nitrogens is 1. The summed E-state index contributed by atoms with van der Waals surface area (Å²) in [6.07, 6.45) is 0. The molecule has 2 rings (SSSR count). The number of likely N-dealkylation sites (N-methyl/N-ethyl adjacent to an activating group) is 1. The van der Waals surface area contributed by atoms with Crippen LogP contribution < -0.4 is 0 Å². The quantitative estimate of drug-likeness (QED) is 0.940. The Balaban J connectivity index is 2.26. The highest BCUT2D eigenvalue weighted by Gasteiger charge is 2.21. The van der Waals surface area contributed by atoms with Crippen LogP contribution in [0.1, 0.15) is 15.4 Å². The largest absolute Gasteiger partial charge is 0.480 e. The maximum Gasteiger partial charge on any atom is 0.323 e. The van der Waals surface area contributed by atoms with Crippen molar-refractivity contribution in [3.05, 3.63) is 28.1 Å². The van der Waals surface area contributed by atoms with E-state index in [0.717, 1.165) is 9.88 Å². The Kier molecular flexibility index (Phi) is 3.96. The van der Waals surface area contributed by atoms with Crippen LogP contribution in [0.3, 0.4) is 0 Å². The van der Waals surface area contributed by atoms with Crippen LogP contribution >= 0.6 is 22.7 Å². The Morgan fingerprint density at radius 3 is 2.79 bits per heavy atom. The van der Waals surface area contributed by atoms with E-state index in [1.807, 2.05) is 17.5 Å². The molecule has 100 valence electrons. The van der Waals surface area contributed by atoms with Gasteiger partial charge >= 0.3 is 5.97 Å². The molecule has 0 bridgehead atoms. The molecule has 2 aromatic rings. The smallest absolute Gasteiger partial charge is 0.323 e. The van der Waals surface area contributed by atoms with Crippen molar-refractivity contribution in [1.82, 2.24) is 9.88 Å². The van der Waals surface area contributed by atoms with Crippen molar-refractivity contribution in [3.63, 3.8) is 0 Å². The van der Waals surface area contributed by atoms with E-state index in [2.05, 4.69) is 4.98 Å². The molecule has 0 radical (unpaired) electrons. The minimum Gasteiger partial charge on any atom is -0.480 e. The van der Waals surface area contributed by atoms with Gasteiger partial charge in [0.2, 0.25) is 0 Å². The maximum atomic E-state index is 12.1. The zero-order chi connectivity index (χ0) is 14.0. The number of aryl methyl sites for hydroxylation is 1. The van der Waals surface area contributed by atoms with Gasteiger partial charge in [0.25, 0.3) is 5.91 Å². The molecule has 0 saturated carbocycles. The fourth-order valence-electron chi connectivity index (χ4n) is 1.55. The van der Waals surface area contributed by atoms with Crippen molar-refractivity contribution < 1.29 is 14.7 Å². The Morgan fingerprint density at radius 1 is 1.47 bits per heavy atom. The lowest BCUT2D eigenvalue weighted by Gasteiger charge is -2.13. The highest BCUT2D eigenvalue weighted by molar-refractivity contribution is 7.22. The monoisotopic (exact) mass is 296 g/mol. The normalized spacial score (nSPS) is 10.4. The molecule has 0 aromatic carbocycles. The van der Waals surface area contributed by atoms with Gasteiger partial charge in [0.05, 0.1) is 10.6 Å². The maximum absolute atomic E-state index is 12.1. The number of carboxylic acid groups (broad SMARTS) is 1. The van der Waals surface area contributed by atoms with Crippen molar-refractivity contribution in [2.24, 2.45) is 0 Å². The second-order valence-corrected chi connectivity index (χ2v) is 5.91. The summed E-state index contributed by atoms with van der Waals surface area (Å²) >= 11 is 2.85. The molecule has 5 nitrogen and oxygen atoms in total. The molecule has 0 aliphatic heterocycles. The number of thiazole rings is 1. The first kappa shape index (κ1) is 13.7. The predicted octanol–water partition coefficient (Wildman–Crippen LogP) is 2.34. The number of aliphatic carboxylic acids is 1. The van der Waals surface area contributed by atoms with Gasteiger partial charge in [-0.25, -0.2) is 4.98 Å². The molecule has 0 aliphatic carbocycles. The number of hydrogen-bond acceptors (Lipinski definition) is 5. The number of nitrogens with zero attached hydrogens (tertiary/aromatic N) is 2. The zero-order valence-electron chi connectivity index (χ0n) is 10.4. The van der Waals surface area contributed by atoms with Gasteiger partial charge < -0.3 is 10.0 Å². The third-order valence-corrected chi connectivity index (χ3v) is 4.63. The molecule has 0 unspecified atom stereocenters. The van der Waals surface area contributed by atoms with E-state index in [9.17, 15) is 9.59 Å². The summed E-state index contributed by atoms with van der Waals surface area (Å²) in [4.78, 5) is 29.8. The van der Waals surface area contributed by atoms with Gasteiger partial charge in [0, 0.05) is 7.05 Å². The lowest BCUT2D eigenvalue weighted by Crippen LogP contribution is -2.31. The first-order chi connectivity index (χ1) is 8.99. The summed E-state index contributed by atoms with van der Waals surface area (Å²) in [6.45, 7) is 1.44. The van der Waals surface area contributed by atoms with Crippen LogP contribution in [-0.4, -0.2) is 40.5 Å². The standard InChI is InChI=1S/C12H12N2O3S2/c1-7-10(12(17)14(2)6-9(15)16)19-11(13-7)8-4-3-5-18-8/h3-5H,6H2,1-2H3,(H,15,16). The second-order valence-electron chi connectivity index (χ2n) is 3.97. The van der Waals surface area contributed by atoms with Crippen LogP contribution in [0, 0.1) is 6.92 Å². The van der Waals surface area contributed by atoms with E-state index in [4.69, 9.17) is 5.11 Å². The van der Waals surface area contributed by atoms with Gasteiger partial charge in [-0.15, -0.1) is 22.7 Å². The summed E-state index contributed by atoms with van der Waals surface area (Å²) in [5.41, 5.74) is 0.635. The molecule has 1 N–H and O–H groups in total. The average Bonchev–Trinajstić information content (AvgIpc) is 2.95. The van der Waals surface area contributed by atoms with Crippen LogP contribution in [0.25, 0.3) is 9.88 Å². The lowest BCUT2D eigenvalue weighted by atomic mass is 10.3. The first-order valence-corrected chi connectivity index (χ1v) is 7.17. The van der Waals surface area contributed by atoms with Gasteiger partial charge in [-0.2, -0.15) is 0 Å². The average molecular weight is 296 g/mol. The molecule has 0 aliphatic rings. The van der Waals surface area contributed by atoms with E-state index < -0.39 is 5.97 Å². The van der Waals surface area contributed by atoms with Gasteiger partial charge in [-0.3, -0.25) is 9.59 Å². The second kappa shape index (κ2) is 5.50. The third kappa shape index (κ3) is 2.99. The van der Waals surface area contributed by atoms with Crippen LogP contribution in [0.5, 0.6) is 0 Å². The number of amides is 1. The Hall–Kier alpha value is -1.73. The van der Waals surface area contributed by atoms with E-state index in [0.29, 0.717) is 10.6 Å².